The van der Waals surface area contributed by atoms with E-state index in [0.29, 0.717) is 26.1 Å². The molecule has 1 aromatic rings. The molecule has 2 heterocycles. The van der Waals surface area contributed by atoms with Gasteiger partial charge in [0.25, 0.3) is 0 Å². The largest absolute Gasteiger partial charge is 0.433 e. The molecule has 1 aliphatic rings. The Morgan fingerprint density at radius 3 is 2.85 bits per heavy atom. The fraction of sp³-hybridized carbons (Fsp3) is 0.538. The number of halogens is 3. The molecule has 2 rings (SSSR count). The zero-order chi connectivity index (χ0) is 14.8. The summed E-state index contributed by atoms with van der Waals surface area (Å²) >= 11 is 0. The highest BCUT2D eigenvalue weighted by molar-refractivity contribution is 5.54. The molecule has 108 valence electrons. The molecule has 0 amide bonds. The van der Waals surface area contributed by atoms with Crippen molar-refractivity contribution in [2.24, 2.45) is 0 Å². The van der Waals surface area contributed by atoms with Crippen LogP contribution in [-0.4, -0.2) is 30.8 Å². The smallest absolute Gasteiger partial charge is 0.377 e. The summed E-state index contributed by atoms with van der Waals surface area (Å²) < 4.78 is 43.7. The summed E-state index contributed by atoms with van der Waals surface area (Å²) in [5.41, 5.74) is -0.837. The lowest BCUT2D eigenvalue weighted by atomic mass is 10.2. The third kappa shape index (κ3) is 3.20. The molecule has 1 saturated heterocycles. The Bertz CT molecular complexity index is 525. The molecule has 0 N–H and O–H groups in total. The predicted octanol–water partition coefficient (Wildman–Crippen LogP) is 2.59. The average molecular weight is 285 g/mol. The minimum absolute atomic E-state index is 0.0830. The molecule has 0 aliphatic carbocycles. The van der Waals surface area contributed by atoms with E-state index in [1.807, 2.05) is 13.0 Å². The number of nitrogens with zero attached hydrogens (tertiary/aromatic N) is 3. The van der Waals surface area contributed by atoms with Gasteiger partial charge in [-0.2, -0.15) is 18.4 Å². The second-order valence-corrected chi connectivity index (χ2v) is 4.66. The molecule has 0 bridgehead atoms. The summed E-state index contributed by atoms with van der Waals surface area (Å²) in [7, 11) is 0. The van der Waals surface area contributed by atoms with Crippen LogP contribution in [0.5, 0.6) is 0 Å². The van der Waals surface area contributed by atoms with Gasteiger partial charge in [-0.15, -0.1) is 0 Å². The van der Waals surface area contributed by atoms with E-state index in [-0.39, 0.29) is 17.5 Å². The second-order valence-electron chi connectivity index (χ2n) is 4.66. The molecule has 0 aromatic carbocycles. The van der Waals surface area contributed by atoms with Gasteiger partial charge < -0.3 is 9.64 Å². The molecular formula is C13H14F3N3O. The lowest BCUT2D eigenvalue weighted by molar-refractivity contribution is -0.141. The van der Waals surface area contributed by atoms with E-state index in [1.165, 1.54) is 6.07 Å². The monoisotopic (exact) mass is 285 g/mol. The van der Waals surface area contributed by atoms with Crippen LogP contribution < -0.4 is 4.90 Å². The summed E-state index contributed by atoms with van der Waals surface area (Å²) in [6.45, 7) is 3.34. The standard InChI is InChI=1S/C13H14F3N3O/c1-9-8-19(5-2-6-20-9)12-10(7-17)3-4-11(18-12)13(14,15)16/h3-4,9H,2,5-6,8H2,1H3. The Morgan fingerprint density at radius 2 is 2.20 bits per heavy atom. The highest BCUT2D eigenvalue weighted by atomic mass is 19.4. The summed E-state index contributed by atoms with van der Waals surface area (Å²) in [6, 6.07) is 3.90. The average Bonchev–Trinajstić information content (AvgIpc) is 2.61. The Hall–Kier alpha value is -1.81. The summed E-state index contributed by atoms with van der Waals surface area (Å²) in [4.78, 5) is 5.32. The van der Waals surface area contributed by atoms with Gasteiger partial charge in [0.1, 0.15) is 17.6 Å². The molecule has 1 aromatic heterocycles. The molecule has 0 saturated carbocycles. The van der Waals surface area contributed by atoms with Crippen LogP contribution in [0.25, 0.3) is 0 Å². The van der Waals surface area contributed by atoms with Crippen molar-refractivity contribution >= 4 is 5.82 Å². The first-order chi connectivity index (χ1) is 9.41. The third-order valence-electron chi connectivity index (χ3n) is 3.04. The van der Waals surface area contributed by atoms with Crippen molar-refractivity contribution in [2.45, 2.75) is 25.6 Å². The van der Waals surface area contributed by atoms with Gasteiger partial charge in [-0.3, -0.25) is 0 Å². The molecule has 0 radical (unpaired) electrons. The van der Waals surface area contributed by atoms with Gasteiger partial charge in [-0.1, -0.05) is 0 Å². The summed E-state index contributed by atoms with van der Waals surface area (Å²) in [5.74, 6) is 0.0830. The van der Waals surface area contributed by atoms with Crippen molar-refractivity contribution < 1.29 is 17.9 Å². The molecule has 1 fully saturated rings. The van der Waals surface area contributed by atoms with E-state index in [4.69, 9.17) is 10.00 Å². The van der Waals surface area contributed by atoms with Gasteiger partial charge in [0.2, 0.25) is 0 Å². The fourth-order valence-corrected chi connectivity index (χ4v) is 2.12. The molecule has 0 spiro atoms. The SMILES string of the molecule is CC1CN(c2nc(C(F)(F)F)ccc2C#N)CCCO1. The van der Waals surface area contributed by atoms with Gasteiger partial charge in [0, 0.05) is 19.7 Å². The molecule has 1 atom stereocenters. The Labute approximate surface area is 114 Å². The van der Waals surface area contributed by atoms with Crippen molar-refractivity contribution in [1.29, 1.82) is 5.26 Å². The topological polar surface area (TPSA) is 49.2 Å². The highest BCUT2D eigenvalue weighted by Crippen LogP contribution is 2.30. The Balaban J connectivity index is 2.40. The summed E-state index contributed by atoms with van der Waals surface area (Å²) in [6.07, 6.45) is -3.94. The number of pyridine rings is 1. The van der Waals surface area contributed by atoms with E-state index in [0.717, 1.165) is 6.07 Å². The quantitative estimate of drug-likeness (QED) is 0.795. The van der Waals surface area contributed by atoms with Crippen LogP contribution in [0.2, 0.25) is 0 Å². The van der Waals surface area contributed by atoms with E-state index < -0.39 is 11.9 Å². The van der Waals surface area contributed by atoms with Crippen molar-refractivity contribution in [3.05, 3.63) is 23.4 Å². The lowest BCUT2D eigenvalue weighted by Crippen LogP contribution is -2.32. The van der Waals surface area contributed by atoms with Crippen LogP contribution in [0.3, 0.4) is 0 Å². The maximum absolute atomic E-state index is 12.7. The molecule has 4 nitrogen and oxygen atoms in total. The maximum atomic E-state index is 12.7. The Morgan fingerprint density at radius 1 is 1.45 bits per heavy atom. The van der Waals surface area contributed by atoms with Gasteiger partial charge in [-0.25, -0.2) is 4.98 Å². The van der Waals surface area contributed by atoms with Crippen molar-refractivity contribution in [3.63, 3.8) is 0 Å². The third-order valence-corrected chi connectivity index (χ3v) is 3.04. The number of nitriles is 1. The number of rotatable bonds is 1. The van der Waals surface area contributed by atoms with Gasteiger partial charge >= 0.3 is 6.18 Å². The van der Waals surface area contributed by atoms with Crippen LogP contribution in [0.4, 0.5) is 19.0 Å². The number of ether oxygens (including phenoxy) is 1. The first-order valence-electron chi connectivity index (χ1n) is 6.26. The maximum Gasteiger partial charge on any atom is 0.433 e. The first kappa shape index (κ1) is 14.6. The van der Waals surface area contributed by atoms with E-state index in [1.54, 1.807) is 4.90 Å². The predicted molar refractivity (Wildman–Crippen MR) is 66.2 cm³/mol. The van der Waals surface area contributed by atoms with Gasteiger partial charge in [-0.05, 0) is 25.5 Å². The van der Waals surface area contributed by atoms with E-state index >= 15 is 0 Å². The van der Waals surface area contributed by atoms with E-state index in [2.05, 4.69) is 4.98 Å². The molecule has 7 heteroatoms. The Kier molecular flexibility index (Phi) is 4.14. The van der Waals surface area contributed by atoms with E-state index in [9.17, 15) is 13.2 Å². The highest BCUT2D eigenvalue weighted by Gasteiger charge is 2.34. The summed E-state index contributed by atoms with van der Waals surface area (Å²) in [5, 5.41) is 9.05. The van der Waals surface area contributed by atoms with Crippen molar-refractivity contribution in [3.8, 4) is 6.07 Å². The first-order valence-corrected chi connectivity index (χ1v) is 6.26. The minimum atomic E-state index is -4.52. The number of aromatic nitrogens is 1. The second kappa shape index (κ2) is 5.67. The zero-order valence-electron chi connectivity index (χ0n) is 10.9. The van der Waals surface area contributed by atoms with Crippen LogP contribution >= 0.6 is 0 Å². The van der Waals surface area contributed by atoms with Crippen LogP contribution in [0.15, 0.2) is 12.1 Å². The van der Waals surface area contributed by atoms with Gasteiger partial charge in [0.05, 0.1) is 11.7 Å². The van der Waals surface area contributed by atoms with Gasteiger partial charge in [0.15, 0.2) is 0 Å². The normalized spacial score (nSPS) is 20.4. The van der Waals surface area contributed by atoms with Crippen LogP contribution in [-0.2, 0) is 10.9 Å². The zero-order valence-corrected chi connectivity index (χ0v) is 10.9. The minimum Gasteiger partial charge on any atom is -0.377 e. The molecule has 20 heavy (non-hydrogen) atoms. The molecule has 1 aliphatic heterocycles. The number of hydrogen-bond acceptors (Lipinski definition) is 4. The van der Waals surface area contributed by atoms with Crippen molar-refractivity contribution in [1.82, 2.24) is 4.98 Å². The fourth-order valence-electron chi connectivity index (χ4n) is 2.12. The van der Waals surface area contributed by atoms with Crippen LogP contribution in [0.1, 0.15) is 24.6 Å². The lowest BCUT2D eigenvalue weighted by Gasteiger charge is -2.24. The van der Waals surface area contributed by atoms with Crippen molar-refractivity contribution in [2.75, 3.05) is 24.6 Å². The molecule has 1 unspecified atom stereocenters. The number of hydrogen-bond donors (Lipinski definition) is 0. The molecular weight excluding hydrogens is 271 g/mol. The van der Waals surface area contributed by atoms with Crippen LogP contribution in [0, 0.1) is 11.3 Å². The number of alkyl halides is 3. The number of anilines is 1.